The van der Waals surface area contributed by atoms with Crippen LogP contribution in [0.5, 0.6) is 0 Å². The highest BCUT2D eigenvalue weighted by atomic mass is 32.2. The van der Waals surface area contributed by atoms with Gasteiger partial charge in [-0.1, -0.05) is 29.8 Å². The molecule has 3 aliphatic rings. The first-order chi connectivity index (χ1) is 13.4. The molecule has 0 spiro atoms. The molecule has 2 bridgehead atoms. The topological polar surface area (TPSA) is 83.5 Å². The van der Waals surface area contributed by atoms with Crippen molar-refractivity contribution in [1.29, 1.82) is 0 Å². The number of aryl methyl sites for hydroxylation is 1. The lowest BCUT2D eigenvalue weighted by molar-refractivity contribution is -0.137. The maximum absolute atomic E-state index is 12.9. The predicted octanol–water partition coefficient (Wildman–Crippen LogP) is 4.28. The van der Waals surface area contributed by atoms with E-state index in [1.54, 1.807) is 12.1 Å². The van der Waals surface area contributed by atoms with E-state index >= 15 is 0 Å². The minimum absolute atomic E-state index is 0.0116. The zero-order valence-corrected chi connectivity index (χ0v) is 17.3. The van der Waals surface area contributed by atoms with Crippen LogP contribution in [0.3, 0.4) is 0 Å². The minimum Gasteiger partial charge on any atom is -0.481 e. The van der Waals surface area contributed by atoms with Gasteiger partial charge in [-0.3, -0.25) is 4.79 Å². The van der Waals surface area contributed by atoms with Gasteiger partial charge in [0.15, 0.2) is 0 Å². The summed E-state index contributed by atoms with van der Waals surface area (Å²) in [6, 6.07) is 7.01. The van der Waals surface area contributed by atoms with E-state index in [2.05, 4.69) is 16.9 Å². The quantitative estimate of drug-likeness (QED) is 0.474. The van der Waals surface area contributed by atoms with Crippen LogP contribution in [0.1, 0.15) is 56.9 Å². The molecule has 6 heteroatoms. The van der Waals surface area contributed by atoms with Gasteiger partial charge in [-0.15, -0.1) is 0 Å². The van der Waals surface area contributed by atoms with Crippen molar-refractivity contribution >= 4 is 16.0 Å². The fourth-order valence-corrected chi connectivity index (χ4v) is 6.16. The van der Waals surface area contributed by atoms with E-state index in [4.69, 9.17) is 5.11 Å². The van der Waals surface area contributed by atoms with Crippen molar-refractivity contribution in [2.75, 3.05) is 0 Å². The largest absolute Gasteiger partial charge is 0.481 e. The average molecular weight is 406 g/mol. The van der Waals surface area contributed by atoms with Crippen molar-refractivity contribution in [3.63, 3.8) is 0 Å². The van der Waals surface area contributed by atoms with E-state index in [9.17, 15) is 13.2 Å². The van der Waals surface area contributed by atoms with Gasteiger partial charge in [0.2, 0.25) is 10.0 Å². The molecule has 3 aliphatic carbocycles. The van der Waals surface area contributed by atoms with Gasteiger partial charge in [0.25, 0.3) is 0 Å². The molecule has 0 radical (unpaired) electrons. The normalized spacial score (nSPS) is 27.3. The van der Waals surface area contributed by atoms with Crippen molar-refractivity contribution in [1.82, 2.24) is 4.72 Å². The molecular weight excluding hydrogens is 374 g/mol. The van der Waals surface area contributed by atoms with E-state index in [0.29, 0.717) is 29.1 Å². The fourth-order valence-electron chi connectivity index (χ4n) is 4.80. The Balaban J connectivity index is 1.66. The van der Waals surface area contributed by atoms with Crippen LogP contribution in [0.4, 0.5) is 0 Å². The molecule has 0 saturated heterocycles. The van der Waals surface area contributed by atoms with Crippen LogP contribution in [-0.4, -0.2) is 25.5 Å². The Bertz CT molecular complexity index is 792. The molecule has 0 aliphatic heterocycles. The highest BCUT2D eigenvalue weighted by Crippen LogP contribution is 2.47. The summed E-state index contributed by atoms with van der Waals surface area (Å²) < 4.78 is 28.9. The number of sulfonamides is 1. The molecule has 0 unspecified atom stereocenters. The number of hydrogen-bond acceptors (Lipinski definition) is 3. The van der Waals surface area contributed by atoms with Crippen molar-refractivity contribution in [3.05, 3.63) is 42.0 Å². The van der Waals surface area contributed by atoms with Crippen LogP contribution in [0, 0.1) is 24.7 Å². The smallest absolute Gasteiger partial charge is 0.303 e. The number of fused-ring (bicyclic) bond motifs is 3. The first-order valence-electron chi connectivity index (χ1n) is 10.3. The third-order valence-corrected chi connectivity index (χ3v) is 7.83. The second-order valence-electron chi connectivity index (χ2n) is 8.29. The standard InChI is InChI=1S/C22H31NO4S/c1-16-8-14-19(15-9-16)28(26,27)23-22-18-12-10-17(11-13-18)20(22)6-4-2-3-5-7-21(24)25/h2,4,8-9,14-15,17-18,20,22-23H,3,5-7,10-13H2,1H3,(H,24,25)/t17?,18?,20-,22+/m0/s1. The summed E-state index contributed by atoms with van der Waals surface area (Å²) in [6.07, 6.45) is 11.2. The number of benzene rings is 1. The Morgan fingerprint density at radius 3 is 2.39 bits per heavy atom. The molecule has 0 aromatic heterocycles. The Morgan fingerprint density at radius 1 is 1.11 bits per heavy atom. The summed E-state index contributed by atoms with van der Waals surface area (Å²) >= 11 is 0. The van der Waals surface area contributed by atoms with E-state index in [-0.39, 0.29) is 12.5 Å². The number of carboxylic acid groups (broad SMARTS) is 1. The van der Waals surface area contributed by atoms with Crippen LogP contribution in [0.25, 0.3) is 0 Å². The van der Waals surface area contributed by atoms with Crippen LogP contribution < -0.4 is 4.72 Å². The van der Waals surface area contributed by atoms with Gasteiger partial charge in [-0.05, 0) is 81.8 Å². The molecule has 1 aromatic rings. The zero-order chi connectivity index (χ0) is 20.1. The molecule has 3 fully saturated rings. The highest BCUT2D eigenvalue weighted by molar-refractivity contribution is 7.89. The number of aliphatic carboxylic acids is 1. The fraction of sp³-hybridized carbons (Fsp3) is 0.591. The number of rotatable bonds is 9. The van der Waals surface area contributed by atoms with Crippen molar-refractivity contribution in [3.8, 4) is 0 Å². The van der Waals surface area contributed by atoms with E-state index in [1.165, 1.54) is 12.8 Å². The van der Waals surface area contributed by atoms with Gasteiger partial charge in [0.1, 0.15) is 0 Å². The lowest BCUT2D eigenvalue weighted by Crippen LogP contribution is -2.53. The van der Waals surface area contributed by atoms with Crippen LogP contribution >= 0.6 is 0 Å². The maximum atomic E-state index is 12.9. The van der Waals surface area contributed by atoms with Crippen LogP contribution in [-0.2, 0) is 14.8 Å². The number of nitrogens with one attached hydrogen (secondary N) is 1. The second-order valence-corrected chi connectivity index (χ2v) is 10.0. The minimum atomic E-state index is -3.52. The van der Waals surface area contributed by atoms with Gasteiger partial charge in [0.05, 0.1) is 4.90 Å². The Hall–Kier alpha value is -1.66. The molecule has 5 nitrogen and oxygen atoms in total. The molecule has 3 saturated carbocycles. The molecule has 4 rings (SSSR count). The van der Waals surface area contributed by atoms with Gasteiger partial charge in [0, 0.05) is 12.5 Å². The summed E-state index contributed by atoms with van der Waals surface area (Å²) in [7, 11) is -3.52. The van der Waals surface area contributed by atoms with Gasteiger partial charge < -0.3 is 5.11 Å². The van der Waals surface area contributed by atoms with E-state index in [0.717, 1.165) is 31.2 Å². The Kier molecular flexibility index (Phi) is 6.94. The van der Waals surface area contributed by atoms with Gasteiger partial charge in [-0.25, -0.2) is 13.1 Å². The lowest BCUT2D eigenvalue weighted by Gasteiger charge is -2.48. The zero-order valence-electron chi connectivity index (χ0n) is 16.5. The molecule has 28 heavy (non-hydrogen) atoms. The van der Waals surface area contributed by atoms with Crippen molar-refractivity contribution in [2.45, 2.75) is 69.2 Å². The number of unbranched alkanes of at least 4 members (excludes halogenated alkanes) is 1. The monoisotopic (exact) mass is 405 g/mol. The molecule has 0 amide bonds. The first-order valence-corrected chi connectivity index (χ1v) is 11.8. The van der Waals surface area contributed by atoms with Crippen molar-refractivity contribution in [2.24, 2.45) is 17.8 Å². The number of carbonyl (C=O) groups is 1. The summed E-state index contributed by atoms with van der Waals surface area (Å²) in [5.41, 5.74) is 1.04. The third kappa shape index (κ3) is 5.23. The SMILES string of the molecule is Cc1ccc(S(=O)(=O)N[C@@H]2C3CCC(CC3)[C@@H]2CC=CCCCC(=O)O)cc1. The van der Waals surface area contributed by atoms with Gasteiger partial charge in [-0.2, -0.15) is 0 Å². The first kappa shape index (κ1) is 21.1. The maximum Gasteiger partial charge on any atom is 0.303 e. The summed E-state index contributed by atoms with van der Waals surface area (Å²) in [5, 5.41) is 8.71. The van der Waals surface area contributed by atoms with E-state index < -0.39 is 16.0 Å². The number of allylic oxidation sites excluding steroid dienone is 2. The van der Waals surface area contributed by atoms with Crippen LogP contribution in [0.2, 0.25) is 0 Å². The summed E-state index contributed by atoms with van der Waals surface area (Å²) in [6.45, 7) is 1.95. The highest BCUT2D eigenvalue weighted by Gasteiger charge is 2.44. The summed E-state index contributed by atoms with van der Waals surface area (Å²) in [4.78, 5) is 10.9. The summed E-state index contributed by atoms with van der Waals surface area (Å²) in [5.74, 6) is 0.544. The predicted molar refractivity (Wildman–Crippen MR) is 109 cm³/mol. The molecule has 1 aromatic carbocycles. The Labute approximate surface area is 168 Å². The molecule has 2 N–H and O–H groups in total. The van der Waals surface area contributed by atoms with Crippen molar-refractivity contribution < 1.29 is 18.3 Å². The molecule has 2 atom stereocenters. The average Bonchev–Trinajstić information content (AvgIpc) is 2.66. The lowest BCUT2D eigenvalue weighted by atomic mass is 9.61. The molecular formula is C22H31NO4S. The van der Waals surface area contributed by atoms with E-state index in [1.807, 2.05) is 19.1 Å². The second kappa shape index (κ2) is 9.23. The van der Waals surface area contributed by atoms with Gasteiger partial charge >= 0.3 is 5.97 Å². The number of hydrogen-bond donors (Lipinski definition) is 2. The number of carboxylic acids is 1. The Morgan fingerprint density at radius 2 is 1.75 bits per heavy atom. The molecule has 154 valence electrons. The van der Waals surface area contributed by atoms with Crippen LogP contribution in [0.15, 0.2) is 41.3 Å². The third-order valence-electron chi connectivity index (χ3n) is 6.35. The molecule has 0 heterocycles.